The number of imidazole rings is 1. The number of benzene rings is 1. The number of halogens is 2. The van der Waals surface area contributed by atoms with Crippen molar-refractivity contribution in [3.8, 4) is 5.69 Å². The van der Waals surface area contributed by atoms with E-state index in [1.165, 1.54) is 12.1 Å². The van der Waals surface area contributed by atoms with Gasteiger partial charge in [0.25, 0.3) is 0 Å². The smallest absolute Gasteiger partial charge is 0.207 e. The Morgan fingerprint density at radius 1 is 1.39 bits per heavy atom. The zero-order valence-electron chi connectivity index (χ0n) is 10.5. The van der Waals surface area contributed by atoms with Crippen LogP contribution in [-0.4, -0.2) is 15.6 Å². The molecular formula is C13H15BrFN3. The first-order valence-electron chi connectivity index (χ1n) is 5.75. The monoisotopic (exact) mass is 311 g/mol. The first kappa shape index (κ1) is 13.1. The van der Waals surface area contributed by atoms with Crippen molar-refractivity contribution in [3.05, 3.63) is 40.4 Å². The van der Waals surface area contributed by atoms with Crippen LogP contribution in [0.5, 0.6) is 0 Å². The van der Waals surface area contributed by atoms with E-state index in [1.807, 2.05) is 31.5 Å². The van der Waals surface area contributed by atoms with Gasteiger partial charge in [0, 0.05) is 16.7 Å². The molecule has 1 N–H and O–H groups in total. The van der Waals surface area contributed by atoms with Crippen molar-refractivity contribution in [2.75, 3.05) is 5.32 Å². The minimum Gasteiger partial charge on any atom is -0.353 e. The van der Waals surface area contributed by atoms with Gasteiger partial charge in [-0.3, -0.25) is 4.57 Å². The second kappa shape index (κ2) is 5.10. The van der Waals surface area contributed by atoms with Crippen LogP contribution < -0.4 is 5.32 Å². The number of aryl methyl sites for hydroxylation is 1. The Labute approximate surface area is 114 Å². The molecule has 0 aliphatic rings. The third-order valence-electron chi connectivity index (χ3n) is 2.41. The van der Waals surface area contributed by atoms with Crippen LogP contribution in [0.15, 0.2) is 28.9 Å². The zero-order chi connectivity index (χ0) is 13.3. The molecule has 0 fully saturated rings. The first-order chi connectivity index (χ1) is 8.47. The predicted octanol–water partition coefficient (Wildman–Crippen LogP) is 3.90. The lowest BCUT2D eigenvalue weighted by atomic mass is 10.3. The molecule has 1 aromatic heterocycles. The molecule has 1 heterocycles. The second-order valence-electron chi connectivity index (χ2n) is 4.47. The quantitative estimate of drug-likeness (QED) is 0.931. The molecule has 2 rings (SSSR count). The molecule has 96 valence electrons. The molecule has 3 nitrogen and oxygen atoms in total. The fourth-order valence-electron chi connectivity index (χ4n) is 1.71. The van der Waals surface area contributed by atoms with Crippen molar-refractivity contribution >= 4 is 21.9 Å². The maximum atomic E-state index is 13.4. The van der Waals surface area contributed by atoms with Crippen LogP contribution >= 0.6 is 15.9 Å². The number of rotatable bonds is 3. The number of nitrogens with one attached hydrogen (secondary N) is 1. The molecule has 0 saturated heterocycles. The molecule has 0 atom stereocenters. The minimum absolute atomic E-state index is 0.262. The fraction of sp³-hybridized carbons (Fsp3) is 0.308. The van der Waals surface area contributed by atoms with Crippen molar-refractivity contribution in [3.63, 3.8) is 0 Å². The van der Waals surface area contributed by atoms with Gasteiger partial charge in [-0.2, -0.15) is 0 Å². The Balaban J connectivity index is 2.52. The maximum absolute atomic E-state index is 13.4. The number of hydrogen-bond donors (Lipinski definition) is 1. The van der Waals surface area contributed by atoms with E-state index in [0.717, 1.165) is 15.9 Å². The Morgan fingerprint density at radius 2 is 2.11 bits per heavy atom. The summed E-state index contributed by atoms with van der Waals surface area (Å²) in [6.07, 6.45) is 1.88. The van der Waals surface area contributed by atoms with E-state index in [-0.39, 0.29) is 11.9 Å². The van der Waals surface area contributed by atoms with Gasteiger partial charge >= 0.3 is 0 Å². The highest BCUT2D eigenvalue weighted by atomic mass is 79.9. The van der Waals surface area contributed by atoms with E-state index in [1.54, 1.807) is 6.07 Å². The molecule has 0 bridgehead atoms. The van der Waals surface area contributed by atoms with Gasteiger partial charge in [-0.05, 0) is 54.9 Å². The van der Waals surface area contributed by atoms with Crippen molar-refractivity contribution in [2.45, 2.75) is 26.8 Å². The molecule has 0 unspecified atom stereocenters. The molecule has 5 heteroatoms. The average molecular weight is 312 g/mol. The summed E-state index contributed by atoms with van der Waals surface area (Å²) < 4.78 is 16.0. The van der Waals surface area contributed by atoms with Crippen LogP contribution in [0.25, 0.3) is 5.69 Å². The standard InChI is InChI=1S/C13H15BrFN3/c1-8(2)16-13-17-9(3)7-18(13)12-6-10(15)4-5-11(12)14/h4-8H,1-3H3,(H,16,17). The lowest BCUT2D eigenvalue weighted by molar-refractivity contribution is 0.626. The molecular weight excluding hydrogens is 297 g/mol. The molecule has 0 aliphatic carbocycles. The summed E-state index contributed by atoms with van der Waals surface area (Å²) in [7, 11) is 0. The van der Waals surface area contributed by atoms with Crippen LogP contribution in [0.4, 0.5) is 10.3 Å². The van der Waals surface area contributed by atoms with Crippen molar-refractivity contribution in [1.82, 2.24) is 9.55 Å². The van der Waals surface area contributed by atoms with Gasteiger partial charge < -0.3 is 5.32 Å². The van der Waals surface area contributed by atoms with Gasteiger partial charge in [0.15, 0.2) is 0 Å². The summed E-state index contributed by atoms with van der Waals surface area (Å²) in [6, 6.07) is 4.86. The largest absolute Gasteiger partial charge is 0.353 e. The van der Waals surface area contributed by atoms with E-state index in [4.69, 9.17) is 0 Å². The maximum Gasteiger partial charge on any atom is 0.207 e. The average Bonchev–Trinajstić information content (AvgIpc) is 2.62. The van der Waals surface area contributed by atoms with Gasteiger partial charge in [0.05, 0.1) is 11.4 Å². The summed E-state index contributed by atoms with van der Waals surface area (Å²) in [5.74, 6) is 0.448. The predicted molar refractivity (Wildman–Crippen MR) is 74.7 cm³/mol. The highest BCUT2D eigenvalue weighted by Gasteiger charge is 2.11. The SMILES string of the molecule is Cc1cn(-c2cc(F)ccc2Br)c(NC(C)C)n1. The highest BCUT2D eigenvalue weighted by molar-refractivity contribution is 9.10. The molecule has 0 aliphatic heterocycles. The lowest BCUT2D eigenvalue weighted by Crippen LogP contribution is -2.14. The normalized spacial score (nSPS) is 11.0. The first-order valence-corrected chi connectivity index (χ1v) is 6.54. The van der Waals surface area contributed by atoms with Gasteiger partial charge in [-0.1, -0.05) is 0 Å². The van der Waals surface area contributed by atoms with Crippen molar-refractivity contribution in [1.29, 1.82) is 0 Å². The molecule has 1 aromatic carbocycles. The third kappa shape index (κ3) is 2.72. The topological polar surface area (TPSA) is 29.9 Å². The van der Waals surface area contributed by atoms with Crippen molar-refractivity contribution < 1.29 is 4.39 Å². The number of nitrogens with zero attached hydrogens (tertiary/aromatic N) is 2. The summed E-state index contributed by atoms with van der Waals surface area (Å²) in [4.78, 5) is 4.41. The van der Waals surface area contributed by atoms with Crippen molar-refractivity contribution in [2.24, 2.45) is 0 Å². The summed E-state index contributed by atoms with van der Waals surface area (Å²) in [5, 5.41) is 3.25. The Hall–Kier alpha value is -1.36. The molecule has 0 amide bonds. The zero-order valence-corrected chi connectivity index (χ0v) is 12.1. The Bertz CT molecular complexity index is 563. The van der Waals surface area contributed by atoms with E-state index >= 15 is 0 Å². The summed E-state index contributed by atoms with van der Waals surface area (Å²) in [6.45, 7) is 5.99. The van der Waals surface area contributed by atoms with Crippen LogP contribution in [-0.2, 0) is 0 Å². The van der Waals surface area contributed by atoms with E-state index in [0.29, 0.717) is 5.95 Å². The van der Waals surface area contributed by atoms with Crippen LogP contribution in [0, 0.1) is 12.7 Å². The molecule has 18 heavy (non-hydrogen) atoms. The van der Waals surface area contributed by atoms with Crippen LogP contribution in [0.1, 0.15) is 19.5 Å². The molecule has 0 radical (unpaired) electrons. The lowest BCUT2D eigenvalue weighted by Gasteiger charge is -2.13. The Morgan fingerprint density at radius 3 is 2.78 bits per heavy atom. The highest BCUT2D eigenvalue weighted by Crippen LogP contribution is 2.25. The molecule has 0 spiro atoms. The summed E-state index contributed by atoms with van der Waals surface area (Å²) in [5.41, 5.74) is 1.62. The third-order valence-corrected chi connectivity index (χ3v) is 3.08. The number of anilines is 1. The van der Waals surface area contributed by atoms with Gasteiger partial charge in [0.2, 0.25) is 5.95 Å². The minimum atomic E-state index is -0.268. The van der Waals surface area contributed by atoms with E-state index in [9.17, 15) is 4.39 Å². The fourth-order valence-corrected chi connectivity index (χ4v) is 2.15. The molecule has 2 aromatic rings. The van der Waals surface area contributed by atoms with Gasteiger partial charge in [-0.25, -0.2) is 9.37 Å². The summed E-state index contributed by atoms with van der Waals surface area (Å²) >= 11 is 3.43. The number of aromatic nitrogens is 2. The van der Waals surface area contributed by atoms with Gasteiger partial charge in [0.1, 0.15) is 5.82 Å². The Kier molecular flexibility index (Phi) is 3.71. The van der Waals surface area contributed by atoms with E-state index < -0.39 is 0 Å². The van der Waals surface area contributed by atoms with Crippen LogP contribution in [0.2, 0.25) is 0 Å². The van der Waals surface area contributed by atoms with E-state index in [2.05, 4.69) is 26.2 Å². The van der Waals surface area contributed by atoms with Crippen LogP contribution in [0.3, 0.4) is 0 Å². The second-order valence-corrected chi connectivity index (χ2v) is 5.33. The van der Waals surface area contributed by atoms with Gasteiger partial charge in [-0.15, -0.1) is 0 Å². The number of hydrogen-bond acceptors (Lipinski definition) is 2. The molecule has 0 saturated carbocycles.